The Bertz CT molecular complexity index is 630. The molecule has 1 atom stereocenters. The zero-order chi connectivity index (χ0) is 15.4. The minimum absolute atomic E-state index is 0.0510. The van der Waals surface area contributed by atoms with E-state index < -0.39 is 0 Å². The highest BCUT2D eigenvalue weighted by atomic mass is 16.5. The summed E-state index contributed by atoms with van der Waals surface area (Å²) >= 11 is 0. The Labute approximate surface area is 129 Å². The van der Waals surface area contributed by atoms with Gasteiger partial charge < -0.3 is 9.64 Å². The van der Waals surface area contributed by atoms with Crippen LogP contribution < -0.4 is 0 Å². The number of carbonyl (C=O) groups excluding carboxylic acids is 1. The number of hydrogen-bond acceptors (Lipinski definition) is 5. The van der Waals surface area contributed by atoms with Crippen molar-refractivity contribution in [3.8, 4) is 11.5 Å². The van der Waals surface area contributed by atoms with Crippen molar-refractivity contribution >= 4 is 5.91 Å². The number of ether oxygens (including phenoxy) is 1. The van der Waals surface area contributed by atoms with E-state index >= 15 is 0 Å². The molecule has 114 valence electrons. The third-order valence-electron chi connectivity index (χ3n) is 3.53. The van der Waals surface area contributed by atoms with Crippen molar-refractivity contribution < 1.29 is 9.53 Å². The van der Waals surface area contributed by atoms with E-state index in [0.29, 0.717) is 36.8 Å². The molecule has 0 spiro atoms. The molecule has 0 N–H and O–H groups in total. The van der Waals surface area contributed by atoms with Gasteiger partial charge in [0, 0.05) is 38.3 Å². The molecule has 1 aliphatic rings. The lowest BCUT2D eigenvalue weighted by atomic mass is 10.2. The number of amides is 1. The second kappa shape index (κ2) is 6.62. The molecule has 1 aliphatic heterocycles. The fourth-order valence-electron chi connectivity index (χ4n) is 2.43. The van der Waals surface area contributed by atoms with Gasteiger partial charge in [-0.15, -0.1) is 0 Å². The average Bonchev–Trinajstić information content (AvgIpc) is 2.80. The Morgan fingerprint density at radius 2 is 2.09 bits per heavy atom. The van der Waals surface area contributed by atoms with Gasteiger partial charge in [0.15, 0.2) is 5.82 Å². The maximum atomic E-state index is 12.5. The van der Waals surface area contributed by atoms with E-state index in [9.17, 15) is 4.79 Å². The van der Waals surface area contributed by atoms with E-state index in [4.69, 9.17) is 4.74 Å². The van der Waals surface area contributed by atoms with Crippen molar-refractivity contribution in [1.82, 2.24) is 19.9 Å². The third-order valence-corrected chi connectivity index (χ3v) is 3.53. The molecule has 1 saturated heterocycles. The Balaban J connectivity index is 1.76. The summed E-state index contributed by atoms with van der Waals surface area (Å²) < 4.78 is 5.56. The molecule has 2 aromatic rings. The fraction of sp³-hybridized carbons (Fsp3) is 0.375. The van der Waals surface area contributed by atoms with Crippen molar-refractivity contribution in [3.63, 3.8) is 0 Å². The van der Waals surface area contributed by atoms with Gasteiger partial charge in [-0.05, 0) is 25.5 Å². The SMILES string of the molecule is CC1CN(C(=O)c2cnc(-c3ccccn3)nc2)CCCO1. The number of carbonyl (C=O) groups is 1. The quantitative estimate of drug-likeness (QED) is 0.845. The molecule has 6 nitrogen and oxygen atoms in total. The van der Waals surface area contributed by atoms with Gasteiger partial charge in [0.05, 0.1) is 11.7 Å². The summed E-state index contributed by atoms with van der Waals surface area (Å²) in [6.45, 7) is 3.97. The number of hydrogen-bond donors (Lipinski definition) is 0. The molecular formula is C16H18N4O2. The first-order chi connectivity index (χ1) is 10.7. The maximum Gasteiger partial charge on any atom is 0.257 e. The lowest BCUT2D eigenvalue weighted by Crippen LogP contribution is -2.36. The van der Waals surface area contributed by atoms with Crippen molar-refractivity contribution in [2.75, 3.05) is 19.7 Å². The minimum atomic E-state index is -0.0510. The molecule has 1 amide bonds. The van der Waals surface area contributed by atoms with Crippen LogP contribution in [0.5, 0.6) is 0 Å². The van der Waals surface area contributed by atoms with Crippen LogP contribution in [0.3, 0.4) is 0 Å². The van der Waals surface area contributed by atoms with Gasteiger partial charge in [0.1, 0.15) is 5.69 Å². The van der Waals surface area contributed by atoms with Crippen LogP contribution in [0, 0.1) is 0 Å². The van der Waals surface area contributed by atoms with Crippen LogP contribution in [-0.2, 0) is 4.74 Å². The van der Waals surface area contributed by atoms with Crippen molar-refractivity contribution in [1.29, 1.82) is 0 Å². The molecule has 0 bridgehead atoms. The predicted molar refractivity (Wildman–Crippen MR) is 81.2 cm³/mol. The van der Waals surface area contributed by atoms with E-state index in [1.54, 1.807) is 23.5 Å². The topological polar surface area (TPSA) is 68.2 Å². The van der Waals surface area contributed by atoms with Gasteiger partial charge in [0.2, 0.25) is 0 Å². The summed E-state index contributed by atoms with van der Waals surface area (Å²) in [6, 6.07) is 5.55. The molecule has 1 unspecified atom stereocenters. The van der Waals surface area contributed by atoms with Gasteiger partial charge in [-0.1, -0.05) is 6.07 Å². The number of pyridine rings is 1. The number of nitrogens with zero attached hydrogens (tertiary/aromatic N) is 4. The average molecular weight is 298 g/mol. The van der Waals surface area contributed by atoms with Crippen LogP contribution in [0.25, 0.3) is 11.5 Å². The Hall–Kier alpha value is -2.34. The lowest BCUT2D eigenvalue weighted by Gasteiger charge is -2.21. The Morgan fingerprint density at radius 1 is 1.27 bits per heavy atom. The molecule has 0 aromatic carbocycles. The predicted octanol–water partition coefficient (Wildman–Crippen LogP) is 1.79. The van der Waals surface area contributed by atoms with E-state index in [2.05, 4.69) is 15.0 Å². The van der Waals surface area contributed by atoms with Crippen molar-refractivity contribution in [3.05, 3.63) is 42.4 Å². The van der Waals surface area contributed by atoms with E-state index in [0.717, 1.165) is 6.42 Å². The summed E-state index contributed by atoms with van der Waals surface area (Å²) in [7, 11) is 0. The molecule has 22 heavy (non-hydrogen) atoms. The molecule has 6 heteroatoms. The first kappa shape index (κ1) is 14.6. The Morgan fingerprint density at radius 3 is 2.82 bits per heavy atom. The molecule has 0 saturated carbocycles. The minimum Gasteiger partial charge on any atom is -0.377 e. The first-order valence-electron chi connectivity index (χ1n) is 7.38. The standard InChI is InChI=1S/C16H18N4O2/c1-12-11-20(7-4-8-22-12)16(21)13-9-18-15(19-10-13)14-5-2-3-6-17-14/h2-3,5-6,9-10,12H,4,7-8,11H2,1H3. The van der Waals surface area contributed by atoms with Crippen LogP contribution in [-0.4, -0.2) is 51.6 Å². The smallest absolute Gasteiger partial charge is 0.257 e. The van der Waals surface area contributed by atoms with Crippen LogP contribution in [0.2, 0.25) is 0 Å². The summed E-state index contributed by atoms with van der Waals surface area (Å²) in [5.74, 6) is 0.467. The number of rotatable bonds is 2. The zero-order valence-corrected chi connectivity index (χ0v) is 12.5. The molecular weight excluding hydrogens is 280 g/mol. The van der Waals surface area contributed by atoms with Crippen molar-refractivity contribution in [2.24, 2.45) is 0 Å². The summed E-state index contributed by atoms with van der Waals surface area (Å²) in [6.07, 6.45) is 5.73. The highest BCUT2D eigenvalue weighted by molar-refractivity contribution is 5.93. The van der Waals surface area contributed by atoms with E-state index in [1.165, 1.54) is 0 Å². The van der Waals surface area contributed by atoms with Crippen LogP contribution >= 0.6 is 0 Å². The second-order valence-electron chi connectivity index (χ2n) is 5.30. The highest BCUT2D eigenvalue weighted by Gasteiger charge is 2.21. The maximum absolute atomic E-state index is 12.5. The normalized spacial score (nSPS) is 18.8. The van der Waals surface area contributed by atoms with Gasteiger partial charge in [-0.3, -0.25) is 9.78 Å². The van der Waals surface area contributed by atoms with Gasteiger partial charge in [0.25, 0.3) is 5.91 Å². The summed E-state index contributed by atoms with van der Waals surface area (Å²) in [4.78, 5) is 27.0. The second-order valence-corrected chi connectivity index (χ2v) is 5.30. The Kier molecular flexibility index (Phi) is 4.39. The number of aromatic nitrogens is 3. The first-order valence-corrected chi connectivity index (χ1v) is 7.38. The van der Waals surface area contributed by atoms with E-state index in [1.807, 2.05) is 25.1 Å². The molecule has 2 aromatic heterocycles. The highest BCUT2D eigenvalue weighted by Crippen LogP contribution is 2.13. The molecule has 1 fully saturated rings. The molecule has 3 heterocycles. The zero-order valence-electron chi connectivity index (χ0n) is 12.5. The van der Waals surface area contributed by atoms with Crippen molar-refractivity contribution in [2.45, 2.75) is 19.4 Å². The van der Waals surface area contributed by atoms with Crippen LogP contribution in [0.1, 0.15) is 23.7 Å². The molecule has 0 aliphatic carbocycles. The van der Waals surface area contributed by atoms with Crippen LogP contribution in [0.4, 0.5) is 0 Å². The largest absolute Gasteiger partial charge is 0.377 e. The monoisotopic (exact) mass is 298 g/mol. The van der Waals surface area contributed by atoms with Gasteiger partial charge in [-0.25, -0.2) is 9.97 Å². The third kappa shape index (κ3) is 3.28. The summed E-state index contributed by atoms with van der Waals surface area (Å²) in [5, 5.41) is 0. The van der Waals surface area contributed by atoms with Gasteiger partial charge >= 0.3 is 0 Å². The lowest BCUT2D eigenvalue weighted by molar-refractivity contribution is 0.0562. The van der Waals surface area contributed by atoms with Gasteiger partial charge in [-0.2, -0.15) is 0 Å². The summed E-state index contributed by atoms with van der Waals surface area (Å²) in [5.41, 5.74) is 1.19. The fourth-order valence-corrected chi connectivity index (χ4v) is 2.43. The molecule has 0 radical (unpaired) electrons. The van der Waals surface area contributed by atoms with Crippen LogP contribution in [0.15, 0.2) is 36.8 Å². The van der Waals surface area contributed by atoms with E-state index in [-0.39, 0.29) is 12.0 Å². The molecule has 3 rings (SSSR count).